The van der Waals surface area contributed by atoms with Crippen molar-refractivity contribution in [3.05, 3.63) is 23.8 Å². The maximum atomic E-state index is 13.1. The van der Waals surface area contributed by atoms with Crippen LogP contribution in [-0.4, -0.2) is 53.8 Å². The lowest BCUT2D eigenvalue weighted by Gasteiger charge is -2.24. The molecule has 0 spiro atoms. The maximum Gasteiger partial charge on any atom is 0.233 e. The van der Waals surface area contributed by atoms with E-state index in [1.807, 2.05) is 32.0 Å². The molecule has 0 N–H and O–H groups in total. The molecule has 33 heavy (non-hydrogen) atoms. The second-order valence-electron chi connectivity index (χ2n) is 8.95. The first-order chi connectivity index (χ1) is 16.0. The highest BCUT2D eigenvalue weighted by Crippen LogP contribution is 2.38. The minimum atomic E-state index is -0.168. The van der Waals surface area contributed by atoms with Crippen LogP contribution in [0.15, 0.2) is 18.2 Å². The Labute approximate surface area is 197 Å². The Morgan fingerprint density at radius 1 is 1.00 bits per heavy atom. The molecule has 7 heteroatoms. The molecule has 1 aliphatic heterocycles. The van der Waals surface area contributed by atoms with E-state index in [-0.39, 0.29) is 42.5 Å². The molecule has 1 aromatic carbocycles. The Kier molecular flexibility index (Phi) is 9.15. The van der Waals surface area contributed by atoms with Crippen molar-refractivity contribution >= 4 is 17.7 Å². The van der Waals surface area contributed by atoms with E-state index in [1.165, 1.54) is 4.90 Å². The van der Waals surface area contributed by atoms with E-state index in [4.69, 9.17) is 9.47 Å². The summed E-state index contributed by atoms with van der Waals surface area (Å²) in [4.78, 5) is 41.6. The number of amides is 3. The summed E-state index contributed by atoms with van der Waals surface area (Å²) in [5, 5.41) is 0. The van der Waals surface area contributed by atoms with Crippen molar-refractivity contribution in [2.75, 3.05) is 26.3 Å². The summed E-state index contributed by atoms with van der Waals surface area (Å²) in [6, 6.07) is 5.79. The number of imide groups is 1. The van der Waals surface area contributed by atoms with Gasteiger partial charge >= 0.3 is 0 Å². The Bertz CT molecular complexity index is 816. The number of rotatable bonds is 12. The van der Waals surface area contributed by atoms with Gasteiger partial charge in [0.15, 0.2) is 11.5 Å². The van der Waals surface area contributed by atoms with Gasteiger partial charge in [-0.05, 0) is 50.3 Å². The second-order valence-corrected chi connectivity index (χ2v) is 8.95. The van der Waals surface area contributed by atoms with Crippen molar-refractivity contribution in [2.24, 2.45) is 11.8 Å². The van der Waals surface area contributed by atoms with Crippen LogP contribution in [0.25, 0.3) is 0 Å². The van der Waals surface area contributed by atoms with E-state index in [0.717, 1.165) is 44.1 Å². The van der Waals surface area contributed by atoms with Crippen LogP contribution in [0.2, 0.25) is 0 Å². The summed E-state index contributed by atoms with van der Waals surface area (Å²) in [5.74, 6) is 0.854. The van der Waals surface area contributed by atoms with Crippen molar-refractivity contribution < 1.29 is 23.9 Å². The van der Waals surface area contributed by atoms with E-state index in [0.29, 0.717) is 37.8 Å². The van der Waals surface area contributed by atoms with Crippen LogP contribution >= 0.6 is 0 Å². The van der Waals surface area contributed by atoms with Gasteiger partial charge in [0.05, 0.1) is 25.0 Å². The van der Waals surface area contributed by atoms with Gasteiger partial charge < -0.3 is 14.4 Å². The summed E-state index contributed by atoms with van der Waals surface area (Å²) < 4.78 is 11.5. The highest BCUT2D eigenvalue weighted by molar-refractivity contribution is 6.05. The predicted octanol–water partition coefficient (Wildman–Crippen LogP) is 4.18. The SMILES string of the molecule is CCCOc1ccc(CN(CCC)C(=O)CCN2C(=O)[C@H]3CCCC[C@H]3C2=O)cc1OCC. The average molecular weight is 459 g/mol. The summed E-state index contributed by atoms with van der Waals surface area (Å²) in [6.45, 7) is 8.42. The van der Waals surface area contributed by atoms with Crippen LogP contribution in [0.4, 0.5) is 0 Å². The number of hydrogen-bond acceptors (Lipinski definition) is 5. The first kappa shape index (κ1) is 25.1. The first-order valence-electron chi connectivity index (χ1n) is 12.5. The van der Waals surface area contributed by atoms with E-state index in [2.05, 4.69) is 6.92 Å². The summed E-state index contributed by atoms with van der Waals surface area (Å²) in [7, 11) is 0. The molecule has 1 aromatic rings. The van der Waals surface area contributed by atoms with Gasteiger partial charge in [-0.1, -0.05) is 32.8 Å². The highest BCUT2D eigenvalue weighted by Gasteiger charge is 2.47. The van der Waals surface area contributed by atoms with Gasteiger partial charge in [0.2, 0.25) is 17.7 Å². The van der Waals surface area contributed by atoms with Crippen LogP contribution in [0, 0.1) is 11.8 Å². The third kappa shape index (κ3) is 6.06. The van der Waals surface area contributed by atoms with Gasteiger partial charge in [0, 0.05) is 26.1 Å². The van der Waals surface area contributed by atoms with E-state index in [1.54, 1.807) is 4.90 Å². The predicted molar refractivity (Wildman–Crippen MR) is 126 cm³/mol. The molecule has 182 valence electrons. The zero-order chi connectivity index (χ0) is 23.8. The van der Waals surface area contributed by atoms with Crippen LogP contribution in [0.5, 0.6) is 11.5 Å². The van der Waals surface area contributed by atoms with E-state index >= 15 is 0 Å². The molecule has 0 aromatic heterocycles. The summed E-state index contributed by atoms with van der Waals surface area (Å²) >= 11 is 0. The number of ether oxygens (including phenoxy) is 2. The Morgan fingerprint density at radius 2 is 1.70 bits per heavy atom. The minimum absolute atomic E-state index is 0.0448. The van der Waals surface area contributed by atoms with Gasteiger partial charge in [0.25, 0.3) is 0 Å². The van der Waals surface area contributed by atoms with Crippen LogP contribution < -0.4 is 9.47 Å². The number of likely N-dealkylation sites (tertiary alicyclic amines) is 1. The normalized spacial score (nSPS) is 20.0. The standard InChI is InChI=1S/C26H38N2O5/c1-4-14-27(18-19-11-12-22(33-16-5-2)23(17-19)32-6-3)24(29)13-15-28-25(30)20-9-7-8-10-21(20)26(28)31/h11-12,17,20-21H,4-10,13-16,18H2,1-3H3/t20-,21+. The molecular weight excluding hydrogens is 420 g/mol. The zero-order valence-corrected chi connectivity index (χ0v) is 20.3. The smallest absolute Gasteiger partial charge is 0.233 e. The molecule has 3 rings (SSSR count). The molecule has 1 heterocycles. The van der Waals surface area contributed by atoms with E-state index in [9.17, 15) is 14.4 Å². The number of fused-ring (bicyclic) bond motifs is 1. The molecule has 1 saturated carbocycles. The third-order valence-electron chi connectivity index (χ3n) is 6.47. The molecule has 0 radical (unpaired) electrons. The topological polar surface area (TPSA) is 76.2 Å². The van der Waals surface area contributed by atoms with Gasteiger partial charge in [-0.2, -0.15) is 0 Å². The van der Waals surface area contributed by atoms with Crippen molar-refractivity contribution in [1.29, 1.82) is 0 Å². The molecule has 2 aliphatic rings. The Balaban J connectivity index is 1.63. The van der Waals surface area contributed by atoms with Crippen LogP contribution in [-0.2, 0) is 20.9 Å². The lowest BCUT2D eigenvalue weighted by atomic mass is 9.81. The van der Waals surface area contributed by atoms with Gasteiger partial charge in [-0.25, -0.2) is 0 Å². The van der Waals surface area contributed by atoms with Gasteiger partial charge in [0.1, 0.15) is 0 Å². The fraction of sp³-hybridized carbons (Fsp3) is 0.654. The molecule has 3 amide bonds. The van der Waals surface area contributed by atoms with Crippen LogP contribution in [0.1, 0.15) is 71.3 Å². The molecule has 1 aliphatic carbocycles. The van der Waals surface area contributed by atoms with E-state index < -0.39 is 0 Å². The number of carbonyl (C=O) groups is 3. The summed E-state index contributed by atoms with van der Waals surface area (Å²) in [5.41, 5.74) is 0.962. The molecule has 0 bridgehead atoms. The third-order valence-corrected chi connectivity index (χ3v) is 6.47. The first-order valence-corrected chi connectivity index (χ1v) is 12.5. The molecule has 1 saturated heterocycles. The van der Waals surface area contributed by atoms with Crippen molar-refractivity contribution in [3.63, 3.8) is 0 Å². The zero-order valence-electron chi connectivity index (χ0n) is 20.3. The highest BCUT2D eigenvalue weighted by atomic mass is 16.5. The maximum absolute atomic E-state index is 13.1. The fourth-order valence-electron chi connectivity index (χ4n) is 4.85. The Hall–Kier alpha value is -2.57. The number of benzene rings is 1. The number of nitrogens with zero attached hydrogens (tertiary/aromatic N) is 2. The van der Waals surface area contributed by atoms with Crippen molar-refractivity contribution in [1.82, 2.24) is 9.80 Å². The number of hydrogen-bond donors (Lipinski definition) is 0. The van der Waals surface area contributed by atoms with Gasteiger partial charge in [-0.3, -0.25) is 19.3 Å². The summed E-state index contributed by atoms with van der Waals surface area (Å²) in [6.07, 6.45) is 5.49. The lowest BCUT2D eigenvalue weighted by Crippen LogP contribution is -2.37. The minimum Gasteiger partial charge on any atom is -0.490 e. The quantitative estimate of drug-likeness (QED) is 0.439. The molecule has 2 fully saturated rings. The number of carbonyl (C=O) groups excluding carboxylic acids is 3. The fourth-order valence-corrected chi connectivity index (χ4v) is 4.85. The molecule has 2 atom stereocenters. The van der Waals surface area contributed by atoms with Crippen molar-refractivity contribution in [2.45, 2.75) is 72.3 Å². The second kappa shape index (κ2) is 12.1. The lowest BCUT2D eigenvalue weighted by molar-refractivity contribution is -0.141. The van der Waals surface area contributed by atoms with Crippen molar-refractivity contribution in [3.8, 4) is 11.5 Å². The molecule has 0 unspecified atom stereocenters. The largest absolute Gasteiger partial charge is 0.490 e. The average Bonchev–Trinajstić information content (AvgIpc) is 3.06. The van der Waals surface area contributed by atoms with Crippen LogP contribution in [0.3, 0.4) is 0 Å². The monoisotopic (exact) mass is 458 g/mol. The molecule has 7 nitrogen and oxygen atoms in total. The molecular formula is C26H38N2O5. The Morgan fingerprint density at radius 3 is 2.30 bits per heavy atom. The van der Waals surface area contributed by atoms with Gasteiger partial charge in [-0.15, -0.1) is 0 Å².